The van der Waals surface area contributed by atoms with Crippen LogP contribution in [0.25, 0.3) is 11.3 Å². The fraction of sp³-hybridized carbons (Fsp3) is 0.581. The fourth-order valence-corrected chi connectivity index (χ4v) is 6.04. The van der Waals surface area contributed by atoms with Gasteiger partial charge in [-0.05, 0) is 76.6 Å². The van der Waals surface area contributed by atoms with Gasteiger partial charge in [-0.15, -0.1) is 6.42 Å². The fourth-order valence-electron chi connectivity index (χ4n) is 6.04. The molecule has 3 aliphatic rings. The van der Waals surface area contributed by atoms with Crippen LogP contribution in [0.1, 0.15) is 99.1 Å². The number of aromatic nitrogens is 2. The molecule has 0 unspecified atom stereocenters. The number of carbonyl (C=O) groups is 2. The van der Waals surface area contributed by atoms with E-state index in [4.69, 9.17) is 11.5 Å². The van der Waals surface area contributed by atoms with Crippen LogP contribution in [-0.4, -0.2) is 58.2 Å². The summed E-state index contributed by atoms with van der Waals surface area (Å²) in [6.45, 7) is 3.08. The average molecular weight is 516 g/mol. The minimum absolute atomic E-state index is 0.0266. The second-order valence-electron chi connectivity index (χ2n) is 11.2. The van der Waals surface area contributed by atoms with Crippen LogP contribution in [0.5, 0.6) is 0 Å². The Morgan fingerprint density at radius 1 is 1.03 bits per heavy atom. The SMILES string of the molecule is C#Cc1ccccc1-c1cc(C(=O)N[C@@H](CCN2CCCCC2)CC(=O)NC2CCC2)nn1C1CCCC1. The number of nitrogens with one attached hydrogen (secondary N) is 2. The Kier molecular flexibility index (Phi) is 8.80. The van der Waals surface area contributed by atoms with Gasteiger partial charge in [0.15, 0.2) is 5.69 Å². The van der Waals surface area contributed by atoms with Crippen molar-refractivity contribution in [3.8, 4) is 23.6 Å². The number of hydrogen-bond donors (Lipinski definition) is 2. The van der Waals surface area contributed by atoms with Gasteiger partial charge in [-0.3, -0.25) is 14.3 Å². The van der Waals surface area contributed by atoms with Gasteiger partial charge < -0.3 is 15.5 Å². The second kappa shape index (κ2) is 12.6. The van der Waals surface area contributed by atoms with Crippen molar-refractivity contribution in [3.05, 3.63) is 41.6 Å². The third kappa shape index (κ3) is 6.47. The number of amides is 2. The summed E-state index contributed by atoms with van der Waals surface area (Å²) in [5, 5.41) is 11.1. The molecule has 2 heterocycles. The van der Waals surface area contributed by atoms with Crippen molar-refractivity contribution in [3.63, 3.8) is 0 Å². The molecule has 3 fully saturated rings. The Balaban J connectivity index is 1.34. The lowest BCUT2D eigenvalue weighted by Gasteiger charge is -2.29. The maximum atomic E-state index is 13.6. The van der Waals surface area contributed by atoms with E-state index < -0.39 is 0 Å². The normalized spacial score (nSPS) is 19.4. The van der Waals surface area contributed by atoms with E-state index in [1.807, 2.05) is 35.0 Å². The summed E-state index contributed by atoms with van der Waals surface area (Å²) in [6.07, 6.45) is 18.3. The van der Waals surface area contributed by atoms with Crippen molar-refractivity contribution in [1.29, 1.82) is 0 Å². The smallest absolute Gasteiger partial charge is 0.272 e. The Morgan fingerprint density at radius 2 is 1.79 bits per heavy atom. The molecule has 0 radical (unpaired) electrons. The van der Waals surface area contributed by atoms with Crippen molar-refractivity contribution in [2.24, 2.45) is 0 Å². The van der Waals surface area contributed by atoms with E-state index in [9.17, 15) is 9.59 Å². The van der Waals surface area contributed by atoms with Crippen LogP contribution in [-0.2, 0) is 4.79 Å². The Bertz CT molecular complexity index is 1150. The number of nitrogens with zero attached hydrogens (tertiary/aromatic N) is 3. The van der Waals surface area contributed by atoms with Crippen LogP contribution in [0.2, 0.25) is 0 Å². The van der Waals surface area contributed by atoms with Gasteiger partial charge in [0.2, 0.25) is 5.91 Å². The van der Waals surface area contributed by atoms with E-state index in [1.165, 1.54) is 25.7 Å². The molecule has 2 N–H and O–H groups in total. The molecule has 0 bridgehead atoms. The number of likely N-dealkylation sites (tertiary alicyclic amines) is 1. The van der Waals surface area contributed by atoms with Crippen LogP contribution in [0.4, 0.5) is 0 Å². The molecule has 2 aliphatic carbocycles. The molecule has 2 saturated carbocycles. The molecule has 202 valence electrons. The highest BCUT2D eigenvalue weighted by molar-refractivity contribution is 5.94. The van der Waals surface area contributed by atoms with Gasteiger partial charge in [0.25, 0.3) is 5.91 Å². The third-order valence-electron chi connectivity index (χ3n) is 8.48. The van der Waals surface area contributed by atoms with Gasteiger partial charge >= 0.3 is 0 Å². The highest BCUT2D eigenvalue weighted by Crippen LogP contribution is 2.34. The van der Waals surface area contributed by atoms with Crippen LogP contribution < -0.4 is 10.6 Å². The Labute approximate surface area is 226 Å². The zero-order valence-electron chi connectivity index (χ0n) is 22.5. The van der Waals surface area contributed by atoms with Gasteiger partial charge in [0, 0.05) is 36.2 Å². The highest BCUT2D eigenvalue weighted by Gasteiger charge is 2.27. The molecular formula is C31H41N5O2. The lowest BCUT2D eigenvalue weighted by molar-refractivity contribution is -0.122. The summed E-state index contributed by atoms with van der Waals surface area (Å²) in [5.74, 6) is 2.59. The number of rotatable bonds is 10. The van der Waals surface area contributed by atoms with Gasteiger partial charge in [-0.25, -0.2) is 0 Å². The van der Waals surface area contributed by atoms with Gasteiger partial charge in [-0.1, -0.05) is 43.4 Å². The lowest BCUT2D eigenvalue weighted by atomic mass is 9.93. The lowest BCUT2D eigenvalue weighted by Crippen LogP contribution is -2.45. The third-order valence-corrected chi connectivity index (χ3v) is 8.48. The molecule has 1 saturated heterocycles. The van der Waals surface area contributed by atoms with E-state index >= 15 is 0 Å². The first-order valence-electron chi connectivity index (χ1n) is 14.6. The van der Waals surface area contributed by atoms with E-state index in [2.05, 4.69) is 21.5 Å². The van der Waals surface area contributed by atoms with E-state index in [0.717, 1.165) is 81.4 Å². The van der Waals surface area contributed by atoms with Crippen LogP contribution >= 0.6 is 0 Å². The predicted molar refractivity (Wildman–Crippen MR) is 150 cm³/mol. The minimum atomic E-state index is -0.234. The molecule has 5 rings (SSSR count). The molecule has 0 spiro atoms. The summed E-state index contributed by atoms with van der Waals surface area (Å²) in [4.78, 5) is 28.8. The van der Waals surface area contributed by atoms with Crippen LogP contribution in [0.15, 0.2) is 30.3 Å². The van der Waals surface area contributed by atoms with Gasteiger partial charge in [-0.2, -0.15) is 5.10 Å². The summed E-state index contributed by atoms with van der Waals surface area (Å²) >= 11 is 0. The maximum Gasteiger partial charge on any atom is 0.272 e. The average Bonchev–Trinajstić information content (AvgIpc) is 3.60. The predicted octanol–water partition coefficient (Wildman–Crippen LogP) is 4.68. The molecule has 1 atom stereocenters. The molecule has 2 aromatic rings. The summed E-state index contributed by atoms with van der Waals surface area (Å²) in [5.41, 5.74) is 3.00. The zero-order valence-corrected chi connectivity index (χ0v) is 22.5. The number of carbonyl (C=O) groups excluding carboxylic acids is 2. The molecule has 7 nitrogen and oxygen atoms in total. The molecular weight excluding hydrogens is 474 g/mol. The topological polar surface area (TPSA) is 79.3 Å². The van der Waals surface area contributed by atoms with Gasteiger partial charge in [0.1, 0.15) is 0 Å². The van der Waals surface area contributed by atoms with E-state index in [0.29, 0.717) is 18.2 Å². The van der Waals surface area contributed by atoms with Crippen LogP contribution in [0, 0.1) is 12.3 Å². The monoisotopic (exact) mass is 515 g/mol. The largest absolute Gasteiger partial charge is 0.353 e. The van der Waals surface area contributed by atoms with Crippen molar-refractivity contribution >= 4 is 11.8 Å². The zero-order chi connectivity index (χ0) is 26.3. The first-order valence-corrected chi connectivity index (χ1v) is 14.6. The summed E-state index contributed by atoms with van der Waals surface area (Å²) in [7, 11) is 0. The molecule has 7 heteroatoms. The Morgan fingerprint density at radius 3 is 2.50 bits per heavy atom. The van der Waals surface area contributed by atoms with Crippen LogP contribution in [0.3, 0.4) is 0 Å². The summed E-state index contributed by atoms with van der Waals surface area (Å²) < 4.78 is 2.02. The number of hydrogen-bond acceptors (Lipinski definition) is 4. The van der Waals surface area contributed by atoms with Crippen molar-refractivity contribution in [2.75, 3.05) is 19.6 Å². The minimum Gasteiger partial charge on any atom is -0.353 e. The summed E-state index contributed by atoms with van der Waals surface area (Å²) in [6, 6.07) is 10.0. The molecule has 1 aromatic heterocycles. The standard InChI is InChI=1S/C31H41N5O2/c1-2-23-11-4-7-16-27(23)29-22-28(34-36(29)26-14-5-6-15-26)31(38)33-25(17-20-35-18-8-3-9-19-35)21-30(37)32-24-12-10-13-24/h1,4,7,11,16,22,24-26H,3,5-6,8-10,12-15,17-21H2,(H,32,37)(H,33,38)/t25-/m0/s1. The second-order valence-corrected chi connectivity index (χ2v) is 11.2. The van der Waals surface area contributed by atoms with E-state index in [1.54, 1.807) is 0 Å². The highest BCUT2D eigenvalue weighted by atomic mass is 16.2. The number of benzene rings is 1. The molecule has 2 amide bonds. The molecule has 1 aliphatic heterocycles. The Hall–Kier alpha value is -3.11. The maximum absolute atomic E-state index is 13.6. The first-order chi connectivity index (χ1) is 18.6. The molecule has 38 heavy (non-hydrogen) atoms. The molecule has 1 aromatic carbocycles. The van der Waals surface area contributed by atoms with Crippen molar-refractivity contribution < 1.29 is 9.59 Å². The van der Waals surface area contributed by atoms with Gasteiger partial charge in [0.05, 0.1) is 11.7 Å². The van der Waals surface area contributed by atoms with Crippen molar-refractivity contribution in [1.82, 2.24) is 25.3 Å². The number of piperidine rings is 1. The quantitative estimate of drug-likeness (QED) is 0.451. The van der Waals surface area contributed by atoms with E-state index in [-0.39, 0.29) is 23.9 Å². The van der Waals surface area contributed by atoms with Crippen molar-refractivity contribution in [2.45, 2.75) is 95.2 Å². The first kappa shape index (κ1) is 26.5. The number of terminal acetylenes is 1.